The van der Waals surface area contributed by atoms with Crippen LogP contribution in [-0.4, -0.2) is 34.2 Å². The Morgan fingerprint density at radius 1 is 1.18 bits per heavy atom. The molecule has 0 saturated heterocycles. The van der Waals surface area contributed by atoms with E-state index in [4.69, 9.17) is 0 Å². The van der Waals surface area contributed by atoms with Crippen LogP contribution in [-0.2, 0) is 4.79 Å². The Kier molecular flexibility index (Phi) is 8.70. The number of carbonyl (C=O) groups excluding carboxylic acids is 1. The monoisotopic (exact) mass is 261 g/mol. The first-order chi connectivity index (χ1) is 7.82. The van der Waals surface area contributed by atoms with Crippen molar-refractivity contribution in [2.24, 2.45) is 5.92 Å². The lowest BCUT2D eigenvalue weighted by Gasteiger charge is -2.17. The Morgan fingerprint density at radius 3 is 2.24 bits per heavy atom. The fourth-order valence-electron chi connectivity index (χ4n) is 1.32. The molecule has 0 aromatic heterocycles. The highest BCUT2D eigenvalue weighted by Crippen LogP contribution is 2.14. The average molecular weight is 261 g/mol. The zero-order valence-electron chi connectivity index (χ0n) is 11.7. The second kappa shape index (κ2) is 8.81. The molecular formula is C13H27NO2S. The standard InChI is InChI=1S/C13H27NO2S/c1-9(2)6-7-10(3)14-13(16)8-17-12(5)11(4)15/h9-12,15H,6-8H2,1-5H3,(H,14,16). The molecule has 0 aliphatic rings. The van der Waals surface area contributed by atoms with Crippen LogP contribution in [0.2, 0.25) is 0 Å². The third kappa shape index (κ3) is 9.48. The van der Waals surface area contributed by atoms with Crippen LogP contribution in [0.4, 0.5) is 0 Å². The van der Waals surface area contributed by atoms with Crippen LogP contribution in [0.5, 0.6) is 0 Å². The molecule has 0 rings (SSSR count). The number of rotatable bonds is 8. The summed E-state index contributed by atoms with van der Waals surface area (Å²) in [5.74, 6) is 1.18. The molecule has 3 atom stereocenters. The lowest BCUT2D eigenvalue weighted by Crippen LogP contribution is -2.34. The Morgan fingerprint density at radius 2 is 1.76 bits per heavy atom. The molecule has 0 heterocycles. The molecule has 0 bridgehead atoms. The number of aliphatic hydroxyl groups excluding tert-OH is 1. The van der Waals surface area contributed by atoms with Crippen molar-refractivity contribution in [1.29, 1.82) is 0 Å². The van der Waals surface area contributed by atoms with Gasteiger partial charge < -0.3 is 10.4 Å². The molecule has 0 saturated carbocycles. The molecule has 0 aliphatic heterocycles. The van der Waals surface area contributed by atoms with Gasteiger partial charge in [0.2, 0.25) is 5.91 Å². The highest BCUT2D eigenvalue weighted by molar-refractivity contribution is 8.00. The van der Waals surface area contributed by atoms with E-state index < -0.39 is 0 Å². The van der Waals surface area contributed by atoms with E-state index in [9.17, 15) is 9.90 Å². The second-order valence-electron chi connectivity index (χ2n) is 5.20. The van der Waals surface area contributed by atoms with Gasteiger partial charge in [-0.05, 0) is 32.6 Å². The molecule has 3 unspecified atom stereocenters. The van der Waals surface area contributed by atoms with Gasteiger partial charge in [-0.2, -0.15) is 0 Å². The summed E-state index contributed by atoms with van der Waals surface area (Å²) in [5.41, 5.74) is 0. The molecule has 17 heavy (non-hydrogen) atoms. The van der Waals surface area contributed by atoms with E-state index >= 15 is 0 Å². The van der Waals surface area contributed by atoms with Crippen LogP contribution < -0.4 is 5.32 Å². The van der Waals surface area contributed by atoms with Gasteiger partial charge in [0.05, 0.1) is 11.9 Å². The van der Waals surface area contributed by atoms with Gasteiger partial charge in [0.15, 0.2) is 0 Å². The first kappa shape index (κ1) is 16.8. The first-order valence-electron chi connectivity index (χ1n) is 6.42. The van der Waals surface area contributed by atoms with Gasteiger partial charge in [-0.25, -0.2) is 0 Å². The fraction of sp³-hybridized carbons (Fsp3) is 0.923. The molecule has 0 fully saturated rings. The zero-order valence-corrected chi connectivity index (χ0v) is 12.5. The summed E-state index contributed by atoms with van der Waals surface area (Å²) in [6.45, 7) is 10.1. The quantitative estimate of drug-likeness (QED) is 0.705. The van der Waals surface area contributed by atoms with Crippen molar-refractivity contribution in [3.8, 4) is 0 Å². The normalized spacial score (nSPS) is 16.6. The van der Waals surface area contributed by atoms with Gasteiger partial charge in [-0.15, -0.1) is 11.8 Å². The van der Waals surface area contributed by atoms with Crippen molar-refractivity contribution in [2.75, 3.05) is 5.75 Å². The van der Waals surface area contributed by atoms with Crippen LogP contribution in [0, 0.1) is 5.92 Å². The van der Waals surface area contributed by atoms with Crippen LogP contribution in [0.1, 0.15) is 47.5 Å². The third-order valence-corrected chi connectivity index (χ3v) is 4.09. The molecule has 0 aromatic rings. The van der Waals surface area contributed by atoms with Gasteiger partial charge >= 0.3 is 0 Å². The van der Waals surface area contributed by atoms with Crippen molar-refractivity contribution in [3.63, 3.8) is 0 Å². The molecule has 0 aromatic carbocycles. The van der Waals surface area contributed by atoms with E-state index in [-0.39, 0.29) is 23.3 Å². The van der Waals surface area contributed by atoms with Crippen molar-refractivity contribution in [2.45, 2.75) is 64.9 Å². The molecule has 102 valence electrons. The maximum atomic E-state index is 11.6. The minimum absolute atomic E-state index is 0.0683. The summed E-state index contributed by atoms with van der Waals surface area (Å²) in [5, 5.41) is 12.4. The van der Waals surface area contributed by atoms with Crippen LogP contribution in [0.15, 0.2) is 0 Å². The third-order valence-electron chi connectivity index (χ3n) is 2.74. The van der Waals surface area contributed by atoms with E-state index in [1.54, 1.807) is 6.92 Å². The lowest BCUT2D eigenvalue weighted by atomic mass is 10.0. The van der Waals surface area contributed by atoms with Crippen molar-refractivity contribution >= 4 is 17.7 Å². The summed E-state index contributed by atoms with van der Waals surface area (Å²) in [7, 11) is 0. The van der Waals surface area contributed by atoms with E-state index in [1.165, 1.54) is 11.8 Å². The molecule has 0 aliphatic carbocycles. The summed E-state index contributed by atoms with van der Waals surface area (Å²) in [6.07, 6.45) is 1.80. The van der Waals surface area contributed by atoms with Crippen LogP contribution >= 0.6 is 11.8 Å². The number of thioether (sulfide) groups is 1. The summed E-state index contributed by atoms with van der Waals surface area (Å²) >= 11 is 1.50. The largest absolute Gasteiger partial charge is 0.392 e. The molecule has 0 radical (unpaired) electrons. The molecule has 3 nitrogen and oxygen atoms in total. The number of hydrogen-bond donors (Lipinski definition) is 2. The summed E-state index contributed by atoms with van der Waals surface area (Å²) in [4.78, 5) is 11.6. The first-order valence-corrected chi connectivity index (χ1v) is 7.46. The Labute approximate surface area is 110 Å². The number of aliphatic hydroxyl groups is 1. The fourth-order valence-corrected chi connectivity index (χ4v) is 2.09. The zero-order chi connectivity index (χ0) is 13.4. The minimum Gasteiger partial charge on any atom is -0.392 e. The van der Waals surface area contributed by atoms with E-state index in [0.717, 1.165) is 12.8 Å². The van der Waals surface area contributed by atoms with Crippen molar-refractivity contribution in [1.82, 2.24) is 5.32 Å². The van der Waals surface area contributed by atoms with Gasteiger partial charge in [-0.1, -0.05) is 20.8 Å². The topological polar surface area (TPSA) is 49.3 Å². The summed E-state index contributed by atoms with van der Waals surface area (Å²) < 4.78 is 0. The van der Waals surface area contributed by atoms with Crippen LogP contribution in [0.25, 0.3) is 0 Å². The minimum atomic E-state index is -0.369. The Balaban J connectivity index is 3.71. The molecule has 0 spiro atoms. The number of nitrogens with one attached hydrogen (secondary N) is 1. The predicted molar refractivity (Wildman–Crippen MR) is 75.3 cm³/mol. The van der Waals surface area contributed by atoms with E-state index in [2.05, 4.69) is 19.2 Å². The summed E-state index contributed by atoms with van der Waals surface area (Å²) in [6, 6.07) is 0.243. The smallest absolute Gasteiger partial charge is 0.230 e. The van der Waals surface area contributed by atoms with E-state index in [1.807, 2.05) is 13.8 Å². The predicted octanol–water partition coefficient (Wildman–Crippen LogP) is 2.43. The molecule has 2 N–H and O–H groups in total. The number of carbonyl (C=O) groups is 1. The van der Waals surface area contributed by atoms with E-state index in [0.29, 0.717) is 11.7 Å². The Bertz CT molecular complexity index is 219. The lowest BCUT2D eigenvalue weighted by molar-refractivity contribution is -0.119. The number of amides is 1. The maximum Gasteiger partial charge on any atom is 0.230 e. The van der Waals surface area contributed by atoms with Crippen molar-refractivity contribution in [3.05, 3.63) is 0 Å². The molecular weight excluding hydrogens is 234 g/mol. The highest BCUT2D eigenvalue weighted by atomic mass is 32.2. The van der Waals surface area contributed by atoms with Crippen molar-refractivity contribution < 1.29 is 9.90 Å². The Hall–Kier alpha value is -0.220. The second-order valence-corrected chi connectivity index (χ2v) is 6.56. The van der Waals surface area contributed by atoms with Crippen LogP contribution in [0.3, 0.4) is 0 Å². The molecule has 1 amide bonds. The average Bonchev–Trinajstić information content (AvgIpc) is 2.22. The van der Waals surface area contributed by atoms with Gasteiger partial charge in [-0.3, -0.25) is 4.79 Å². The SMILES string of the molecule is CC(C)CCC(C)NC(=O)CSC(C)C(C)O. The van der Waals surface area contributed by atoms with Gasteiger partial charge in [0, 0.05) is 11.3 Å². The number of hydrogen-bond acceptors (Lipinski definition) is 3. The van der Waals surface area contributed by atoms with Gasteiger partial charge in [0.1, 0.15) is 0 Å². The highest BCUT2D eigenvalue weighted by Gasteiger charge is 2.13. The molecule has 4 heteroatoms. The van der Waals surface area contributed by atoms with Gasteiger partial charge in [0.25, 0.3) is 0 Å². The maximum absolute atomic E-state index is 11.6.